The standard InChI is InChI=1S/C21H16ClFN2O4S/c22-16-7-15(8-17(23)9-16)18-10-19(21(26)25-4-5-30(27,28)12-25)29-20(18)14-3-1-2-13(6-14)11-24/h1-3,6-10,27-28H,4-5,12H2. The van der Waals surface area contributed by atoms with Crippen molar-refractivity contribution in [2.75, 3.05) is 18.2 Å². The van der Waals surface area contributed by atoms with Crippen LogP contribution >= 0.6 is 22.2 Å². The van der Waals surface area contributed by atoms with E-state index in [1.807, 2.05) is 6.07 Å². The summed E-state index contributed by atoms with van der Waals surface area (Å²) in [7, 11) is -2.82. The molecule has 2 heterocycles. The summed E-state index contributed by atoms with van der Waals surface area (Å²) in [5.74, 6) is -0.839. The minimum absolute atomic E-state index is 0.0279. The third-order valence-electron chi connectivity index (χ3n) is 4.71. The monoisotopic (exact) mass is 446 g/mol. The smallest absolute Gasteiger partial charge is 0.290 e. The topological polar surface area (TPSA) is 97.7 Å². The van der Waals surface area contributed by atoms with E-state index in [2.05, 4.69) is 0 Å². The van der Waals surface area contributed by atoms with E-state index in [1.54, 1.807) is 30.3 Å². The number of carbonyl (C=O) groups excluding carboxylic acids is 1. The Balaban J connectivity index is 1.83. The molecule has 0 saturated carbocycles. The molecule has 0 spiro atoms. The number of nitriles is 1. The fraction of sp³-hybridized carbons (Fsp3) is 0.143. The molecule has 1 saturated heterocycles. The van der Waals surface area contributed by atoms with Crippen LogP contribution in [0.4, 0.5) is 4.39 Å². The normalized spacial score (nSPS) is 16.3. The van der Waals surface area contributed by atoms with Gasteiger partial charge in [0.05, 0.1) is 17.4 Å². The largest absolute Gasteiger partial charge is 0.450 e. The zero-order valence-corrected chi connectivity index (χ0v) is 17.1. The average Bonchev–Trinajstić information content (AvgIpc) is 3.30. The zero-order valence-electron chi connectivity index (χ0n) is 15.5. The first kappa shape index (κ1) is 20.4. The first-order chi connectivity index (χ1) is 14.3. The zero-order chi connectivity index (χ0) is 21.5. The SMILES string of the molecule is N#Cc1cccc(-c2oc(C(=O)N3CCS(O)(O)C3)cc2-c2cc(F)cc(Cl)c2)c1. The Morgan fingerprint density at radius 3 is 2.67 bits per heavy atom. The average molecular weight is 447 g/mol. The number of hydrogen-bond donors (Lipinski definition) is 2. The van der Waals surface area contributed by atoms with Crippen molar-refractivity contribution >= 4 is 28.1 Å². The summed E-state index contributed by atoms with van der Waals surface area (Å²) < 4.78 is 39.5. The summed E-state index contributed by atoms with van der Waals surface area (Å²) in [6, 6.07) is 14.1. The molecule has 0 radical (unpaired) electrons. The van der Waals surface area contributed by atoms with Gasteiger partial charge in [0.1, 0.15) is 17.5 Å². The van der Waals surface area contributed by atoms with Gasteiger partial charge in [0.25, 0.3) is 5.91 Å². The Morgan fingerprint density at radius 1 is 1.20 bits per heavy atom. The van der Waals surface area contributed by atoms with Crippen LogP contribution in [0.25, 0.3) is 22.5 Å². The number of carbonyl (C=O) groups is 1. The Hall–Kier alpha value is -2.83. The maximum atomic E-state index is 14.0. The molecule has 2 aromatic carbocycles. The molecule has 154 valence electrons. The second-order valence-corrected chi connectivity index (χ2v) is 9.62. The van der Waals surface area contributed by atoms with E-state index in [-0.39, 0.29) is 34.7 Å². The van der Waals surface area contributed by atoms with Crippen LogP contribution in [-0.2, 0) is 0 Å². The highest BCUT2D eigenvalue weighted by Gasteiger charge is 2.32. The lowest BCUT2D eigenvalue weighted by Gasteiger charge is -2.25. The van der Waals surface area contributed by atoms with Crippen molar-refractivity contribution in [2.45, 2.75) is 0 Å². The van der Waals surface area contributed by atoms with Crippen LogP contribution in [0.1, 0.15) is 16.1 Å². The van der Waals surface area contributed by atoms with Crippen LogP contribution in [0.15, 0.2) is 52.9 Å². The molecular weight excluding hydrogens is 431 g/mol. The summed E-state index contributed by atoms with van der Waals surface area (Å²) in [5.41, 5.74) is 1.77. The van der Waals surface area contributed by atoms with Crippen molar-refractivity contribution in [3.63, 3.8) is 0 Å². The van der Waals surface area contributed by atoms with Crippen molar-refractivity contribution in [2.24, 2.45) is 0 Å². The van der Waals surface area contributed by atoms with Gasteiger partial charge in [0, 0.05) is 22.7 Å². The van der Waals surface area contributed by atoms with Gasteiger partial charge in [0.15, 0.2) is 5.76 Å². The third kappa shape index (κ3) is 4.06. The molecule has 1 amide bonds. The lowest BCUT2D eigenvalue weighted by atomic mass is 10.0. The van der Waals surface area contributed by atoms with Gasteiger partial charge < -0.3 is 9.32 Å². The highest BCUT2D eigenvalue weighted by molar-refractivity contribution is 8.24. The molecule has 9 heteroatoms. The molecule has 30 heavy (non-hydrogen) atoms. The molecule has 0 bridgehead atoms. The van der Waals surface area contributed by atoms with Gasteiger partial charge in [0.2, 0.25) is 0 Å². The highest BCUT2D eigenvalue weighted by atomic mass is 35.5. The van der Waals surface area contributed by atoms with E-state index in [0.717, 1.165) is 0 Å². The van der Waals surface area contributed by atoms with Crippen molar-refractivity contribution in [3.8, 4) is 28.5 Å². The second kappa shape index (κ2) is 7.78. The predicted octanol–water partition coefficient (Wildman–Crippen LogP) is 5.44. The fourth-order valence-corrected chi connectivity index (χ4v) is 4.92. The molecule has 1 aromatic heterocycles. The maximum Gasteiger partial charge on any atom is 0.290 e. The first-order valence-electron chi connectivity index (χ1n) is 8.89. The highest BCUT2D eigenvalue weighted by Crippen LogP contribution is 2.44. The lowest BCUT2D eigenvalue weighted by molar-refractivity contribution is 0.0770. The van der Waals surface area contributed by atoms with Gasteiger partial charge in [-0.3, -0.25) is 13.9 Å². The van der Waals surface area contributed by atoms with Crippen LogP contribution in [0.5, 0.6) is 0 Å². The van der Waals surface area contributed by atoms with Gasteiger partial charge in [-0.15, -0.1) is 0 Å². The van der Waals surface area contributed by atoms with Crippen molar-refractivity contribution in [3.05, 3.63) is 70.7 Å². The molecule has 1 fully saturated rings. The lowest BCUT2D eigenvalue weighted by Crippen LogP contribution is -2.28. The molecule has 0 atom stereocenters. The van der Waals surface area contributed by atoms with Crippen LogP contribution in [0.3, 0.4) is 0 Å². The molecule has 1 aliphatic heterocycles. The molecule has 2 N–H and O–H groups in total. The number of amides is 1. The number of hydrogen-bond acceptors (Lipinski definition) is 5. The van der Waals surface area contributed by atoms with Gasteiger partial charge >= 0.3 is 0 Å². The second-order valence-electron chi connectivity index (χ2n) is 6.91. The van der Waals surface area contributed by atoms with Gasteiger partial charge in [-0.25, -0.2) is 4.39 Å². The van der Waals surface area contributed by atoms with Crippen molar-refractivity contribution in [1.82, 2.24) is 4.90 Å². The van der Waals surface area contributed by atoms with E-state index in [9.17, 15) is 23.6 Å². The summed E-state index contributed by atoms with van der Waals surface area (Å²) in [6.07, 6.45) is 0. The summed E-state index contributed by atoms with van der Waals surface area (Å²) in [5, 5.41) is 9.39. The van der Waals surface area contributed by atoms with Crippen LogP contribution in [0.2, 0.25) is 5.02 Å². The molecular formula is C21H16ClFN2O4S. The Kier molecular flexibility index (Phi) is 5.30. The van der Waals surface area contributed by atoms with E-state index in [4.69, 9.17) is 16.0 Å². The van der Waals surface area contributed by atoms with E-state index < -0.39 is 22.3 Å². The quantitative estimate of drug-likeness (QED) is 0.558. The molecule has 0 unspecified atom stereocenters. The van der Waals surface area contributed by atoms with Crippen LogP contribution in [-0.4, -0.2) is 38.1 Å². The number of furan rings is 1. The molecule has 3 aromatic rings. The Bertz CT molecular complexity index is 1170. The number of benzene rings is 2. The predicted molar refractivity (Wildman–Crippen MR) is 113 cm³/mol. The Labute approximate surface area is 178 Å². The number of rotatable bonds is 3. The molecule has 1 aliphatic rings. The van der Waals surface area contributed by atoms with Gasteiger partial charge in [-0.2, -0.15) is 15.9 Å². The fourth-order valence-electron chi connectivity index (χ4n) is 3.32. The van der Waals surface area contributed by atoms with E-state index in [1.165, 1.54) is 23.1 Å². The summed E-state index contributed by atoms with van der Waals surface area (Å²) >= 11 is 6.01. The van der Waals surface area contributed by atoms with Gasteiger partial charge in [-0.1, -0.05) is 23.7 Å². The first-order valence-corrected chi connectivity index (χ1v) is 11.2. The Morgan fingerprint density at radius 2 is 2.00 bits per heavy atom. The molecule has 4 rings (SSSR count). The minimum Gasteiger partial charge on any atom is -0.450 e. The number of nitrogens with zero attached hydrogens (tertiary/aromatic N) is 2. The molecule has 6 nitrogen and oxygen atoms in total. The van der Waals surface area contributed by atoms with E-state index in [0.29, 0.717) is 22.3 Å². The van der Waals surface area contributed by atoms with Crippen LogP contribution in [0, 0.1) is 17.1 Å². The van der Waals surface area contributed by atoms with Crippen molar-refractivity contribution < 1.29 is 22.7 Å². The number of halogens is 2. The maximum absolute atomic E-state index is 14.0. The molecule has 0 aliphatic carbocycles. The van der Waals surface area contributed by atoms with Gasteiger partial charge in [-0.05, 0) is 42.0 Å². The summed E-state index contributed by atoms with van der Waals surface area (Å²) in [6.45, 7) is 0.197. The summed E-state index contributed by atoms with van der Waals surface area (Å²) in [4.78, 5) is 14.2. The third-order valence-corrected chi connectivity index (χ3v) is 6.49. The van der Waals surface area contributed by atoms with Crippen LogP contribution < -0.4 is 0 Å². The minimum atomic E-state index is -2.82. The van der Waals surface area contributed by atoms with Crippen molar-refractivity contribution in [1.29, 1.82) is 5.26 Å². The van der Waals surface area contributed by atoms with E-state index >= 15 is 0 Å².